The van der Waals surface area contributed by atoms with E-state index in [9.17, 15) is 57.9 Å². The standard InChI is InChI=1S/C31H23F11N2O4/c1-43-26(46)24-20-14-18(21(9-12-29(35,36)37)44-27(20)48-25(24)15-3-6-17(32)7-4-15)16-5-8-23(47-2)19(13-16)22(45)10-11-28(33,34)30(38,39)31(40,41)42/h3-8,13-14H,9-12H2,1-2H3,(H,43,46). The van der Waals surface area contributed by atoms with Crippen molar-refractivity contribution >= 4 is 22.8 Å². The lowest BCUT2D eigenvalue weighted by Crippen LogP contribution is -2.52. The lowest BCUT2D eigenvalue weighted by molar-refractivity contribution is -0.355. The number of ketones is 1. The Morgan fingerprint density at radius 1 is 0.875 bits per heavy atom. The highest BCUT2D eigenvalue weighted by molar-refractivity contribution is 6.11. The molecule has 258 valence electrons. The fraction of sp³-hybridized carbons (Fsp3) is 0.323. The van der Waals surface area contributed by atoms with Gasteiger partial charge in [0.25, 0.3) is 5.91 Å². The van der Waals surface area contributed by atoms with Crippen LogP contribution in [0.5, 0.6) is 5.75 Å². The minimum Gasteiger partial charge on any atom is -0.496 e. The number of halogens is 11. The van der Waals surface area contributed by atoms with Gasteiger partial charge in [-0.2, -0.15) is 43.9 Å². The van der Waals surface area contributed by atoms with Crippen molar-refractivity contribution in [3.05, 3.63) is 71.2 Å². The van der Waals surface area contributed by atoms with E-state index < -0.39 is 73.0 Å². The zero-order valence-corrected chi connectivity index (χ0v) is 24.7. The first kappa shape index (κ1) is 36.1. The van der Waals surface area contributed by atoms with E-state index in [4.69, 9.17) is 9.15 Å². The van der Waals surface area contributed by atoms with E-state index in [0.717, 1.165) is 31.4 Å². The molecule has 1 N–H and O–H groups in total. The van der Waals surface area contributed by atoms with Gasteiger partial charge in [0.1, 0.15) is 17.3 Å². The Hall–Kier alpha value is -4.70. The van der Waals surface area contributed by atoms with Crippen LogP contribution in [0.25, 0.3) is 33.6 Å². The van der Waals surface area contributed by atoms with E-state index in [-0.39, 0.29) is 50.6 Å². The smallest absolute Gasteiger partial charge is 0.459 e. The number of rotatable bonds is 11. The molecule has 2 aromatic carbocycles. The van der Waals surface area contributed by atoms with E-state index in [1.807, 2.05) is 0 Å². The highest BCUT2D eigenvalue weighted by atomic mass is 19.4. The summed E-state index contributed by atoms with van der Waals surface area (Å²) in [5.74, 6) is -15.2. The van der Waals surface area contributed by atoms with Crippen LogP contribution in [0.4, 0.5) is 48.3 Å². The Labute approximate surface area is 263 Å². The fourth-order valence-electron chi connectivity index (χ4n) is 4.78. The number of Topliss-reactive ketones (excluding diaryl/α,β-unsaturated/α-hetero) is 1. The lowest BCUT2D eigenvalue weighted by Gasteiger charge is -2.28. The fourth-order valence-corrected chi connectivity index (χ4v) is 4.78. The van der Waals surface area contributed by atoms with E-state index in [0.29, 0.717) is 0 Å². The van der Waals surface area contributed by atoms with Crippen LogP contribution in [0.15, 0.2) is 52.9 Å². The maximum Gasteiger partial charge on any atom is 0.459 e. The minimum absolute atomic E-state index is 0.0304. The Morgan fingerprint density at radius 3 is 2.06 bits per heavy atom. The SMILES string of the molecule is CNC(=O)c1c(-c2ccc(F)cc2)oc2nc(CCC(F)(F)F)c(-c3ccc(OC)c(C(=O)CCC(F)(F)C(F)(F)C(F)(F)F)c3)cc12. The Morgan fingerprint density at radius 2 is 1.50 bits per heavy atom. The summed E-state index contributed by atoms with van der Waals surface area (Å²) in [5.41, 5.74) is -1.23. The van der Waals surface area contributed by atoms with Crippen LogP contribution in [0.1, 0.15) is 45.7 Å². The summed E-state index contributed by atoms with van der Waals surface area (Å²) in [5, 5.41) is 2.36. The summed E-state index contributed by atoms with van der Waals surface area (Å²) in [7, 11) is 2.32. The predicted molar refractivity (Wildman–Crippen MR) is 149 cm³/mol. The van der Waals surface area contributed by atoms with Crippen molar-refractivity contribution < 1.29 is 67.0 Å². The van der Waals surface area contributed by atoms with Gasteiger partial charge in [0.15, 0.2) is 5.78 Å². The number of carbonyl (C=O) groups is 2. The van der Waals surface area contributed by atoms with Gasteiger partial charge < -0.3 is 14.5 Å². The van der Waals surface area contributed by atoms with Crippen LogP contribution in [-0.4, -0.2) is 55.0 Å². The molecule has 2 heterocycles. The van der Waals surface area contributed by atoms with Crippen LogP contribution < -0.4 is 10.1 Å². The second kappa shape index (κ2) is 13.1. The van der Waals surface area contributed by atoms with Gasteiger partial charge in [0, 0.05) is 37.4 Å². The summed E-state index contributed by atoms with van der Waals surface area (Å²) in [4.78, 5) is 30.1. The molecule has 48 heavy (non-hydrogen) atoms. The quantitative estimate of drug-likeness (QED) is 0.125. The molecule has 1 amide bonds. The van der Waals surface area contributed by atoms with E-state index in [1.54, 1.807) is 0 Å². The first-order chi connectivity index (χ1) is 22.2. The molecule has 2 aromatic heterocycles. The number of fused-ring (bicyclic) bond motifs is 1. The third-order valence-electron chi connectivity index (χ3n) is 7.26. The molecule has 0 unspecified atom stereocenters. The molecule has 0 aliphatic rings. The largest absolute Gasteiger partial charge is 0.496 e. The van der Waals surface area contributed by atoms with Crippen LogP contribution in [0.3, 0.4) is 0 Å². The molecular weight excluding hydrogens is 673 g/mol. The van der Waals surface area contributed by atoms with Crippen molar-refractivity contribution in [3.8, 4) is 28.2 Å². The average molecular weight is 697 g/mol. The zero-order valence-electron chi connectivity index (χ0n) is 24.7. The highest BCUT2D eigenvalue weighted by Crippen LogP contribution is 2.49. The molecule has 0 aliphatic carbocycles. The van der Waals surface area contributed by atoms with Gasteiger partial charge in [0.05, 0.1) is 29.3 Å². The summed E-state index contributed by atoms with van der Waals surface area (Å²) in [6.45, 7) is 0. The number of methoxy groups -OCH3 is 1. The molecular formula is C31H23F11N2O4. The molecule has 0 radical (unpaired) electrons. The molecule has 0 saturated carbocycles. The maximum atomic E-state index is 13.9. The second-order valence-electron chi connectivity index (χ2n) is 10.5. The summed E-state index contributed by atoms with van der Waals surface area (Å²) in [6.07, 6.45) is -17.1. The molecule has 0 atom stereocenters. The number of hydrogen-bond acceptors (Lipinski definition) is 5. The third-order valence-corrected chi connectivity index (χ3v) is 7.26. The second-order valence-corrected chi connectivity index (χ2v) is 10.5. The van der Waals surface area contributed by atoms with E-state index >= 15 is 0 Å². The summed E-state index contributed by atoms with van der Waals surface area (Å²) in [6, 6.07) is 9.22. The van der Waals surface area contributed by atoms with Crippen LogP contribution in [0.2, 0.25) is 0 Å². The molecule has 6 nitrogen and oxygen atoms in total. The van der Waals surface area contributed by atoms with Crippen molar-refractivity contribution in [2.75, 3.05) is 14.2 Å². The van der Waals surface area contributed by atoms with Crippen LogP contribution in [-0.2, 0) is 6.42 Å². The molecule has 4 aromatic rings. The predicted octanol–water partition coefficient (Wildman–Crippen LogP) is 8.96. The Balaban J connectivity index is 1.87. The monoisotopic (exact) mass is 696 g/mol. The number of nitrogens with zero attached hydrogens (tertiary/aromatic N) is 1. The van der Waals surface area contributed by atoms with Gasteiger partial charge in [-0.3, -0.25) is 9.59 Å². The lowest BCUT2D eigenvalue weighted by atomic mass is 9.94. The highest BCUT2D eigenvalue weighted by Gasteiger charge is 2.72. The van der Waals surface area contributed by atoms with Gasteiger partial charge in [-0.05, 0) is 54.4 Å². The topological polar surface area (TPSA) is 81.4 Å². The maximum absolute atomic E-state index is 13.9. The van der Waals surface area contributed by atoms with Gasteiger partial charge in [-0.1, -0.05) is 6.07 Å². The number of carbonyl (C=O) groups excluding carboxylic acids is 2. The molecule has 4 rings (SSSR count). The number of aryl methyl sites for hydroxylation is 1. The summed E-state index contributed by atoms with van der Waals surface area (Å²) < 4.78 is 157. The van der Waals surface area contributed by atoms with E-state index in [1.165, 1.54) is 31.3 Å². The van der Waals surface area contributed by atoms with Gasteiger partial charge in [-0.25, -0.2) is 9.37 Å². The number of ether oxygens (including phenoxy) is 1. The zero-order chi connectivity index (χ0) is 35.8. The Bertz CT molecular complexity index is 1830. The average Bonchev–Trinajstić information content (AvgIpc) is 3.39. The van der Waals surface area contributed by atoms with Gasteiger partial charge >= 0.3 is 24.2 Å². The van der Waals surface area contributed by atoms with Crippen molar-refractivity contribution in [3.63, 3.8) is 0 Å². The molecule has 0 spiro atoms. The molecule has 0 aliphatic heterocycles. The number of furan rings is 1. The first-order valence-electron chi connectivity index (χ1n) is 13.8. The van der Waals surface area contributed by atoms with Gasteiger partial charge in [0.2, 0.25) is 5.71 Å². The minimum atomic E-state index is -6.60. The van der Waals surface area contributed by atoms with Gasteiger partial charge in [-0.15, -0.1) is 0 Å². The van der Waals surface area contributed by atoms with Crippen molar-refractivity contribution in [1.29, 1.82) is 0 Å². The van der Waals surface area contributed by atoms with Crippen molar-refractivity contribution in [1.82, 2.24) is 10.3 Å². The number of hydrogen-bond donors (Lipinski definition) is 1. The van der Waals surface area contributed by atoms with Crippen molar-refractivity contribution in [2.45, 2.75) is 49.9 Å². The molecule has 0 saturated heterocycles. The number of nitrogens with one attached hydrogen (secondary N) is 1. The summed E-state index contributed by atoms with van der Waals surface area (Å²) >= 11 is 0. The molecule has 0 fully saturated rings. The number of pyridine rings is 1. The third kappa shape index (κ3) is 7.23. The number of alkyl halides is 10. The molecule has 17 heteroatoms. The number of amides is 1. The van der Waals surface area contributed by atoms with Crippen molar-refractivity contribution in [2.24, 2.45) is 0 Å². The normalized spacial score (nSPS) is 12.8. The van der Waals surface area contributed by atoms with Crippen LogP contribution >= 0.6 is 0 Å². The molecule has 0 bridgehead atoms. The number of aromatic nitrogens is 1. The number of benzene rings is 2. The first-order valence-corrected chi connectivity index (χ1v) is 13.8. The van der Waals surface area contributed by atoms with E-state index in [2.05, 4.69) is 10.3 Å². The van der Waals surface area contributed by atoms with Crippen LogP contribution in [0, 0.1) is 5.82 Å². The Kier molecular flexibility index (Phi) is 9.84.